The lowest BCUT2D eigenvalue weighted by Gasteiger charge is -2.22. The van der Waals surface area contributed by atoms with Gasteiger partial charge in [0, 0.05) is 17.3 Å². The van der Waals surface area contributed by atoms with Gasteiger partial charge in [-0.25, -0.2) is 0 Å². The molecule has 0 saturated heterocycles. The van der Waals surface area contributed by atoms with E-state index in [2.05, 4.69) is 10.6 Å². The molecule has 0 bridgehead atoms. The second kappa shape index (κ2) is 11.0. The van der Waals surface area contributed by atoms with Gasteiger partial charge in [-0.05, 0) is 43.9 Å². The largest absolute Gasteiger partial charge is 0.347 e. The molecule has 2 N–H and O–H groups in total. The van der Waals surface area contributed by atoms with E-state index in [1.165, 1.54) is 11.8 Å². The lowest BCUT2D eigenvalue weighted by atomic mass is 10.1. The number of nitrogens with zero attached hydrogens (tertiary/aromatic N) is 1. The molecule has 0 aliphatic rings. The number of hydrogen-bond donors (Lipinski definition) is 2. The van der Waals surface area contributed by atoms with Crippen molar-refractivity contribution < 1.29 is 9.59 Å². The molecule has 5 nitrogen and oxygen atoms in total. The number of benzene rings is 2. The van der Waals surface area contributed by atoms with Crippen molar-refractivity contribution in [3.8, 4) is 0 Å². The Morgan fingerprint density at radius 3 is 2.26 bits per heavy atom. The third-order valence-electron chi connectivity index (χ3n) is 3.68. The number of amides is 2. The van der Waals surface area contributed by atoms with Gasteiger partial charge in [0.2, 0.25) is 11.8 Å². The van der Waals surface area contributed by atoms with Gasteiger partial charge in [0.05, 0.1) is 17.5 Å². The highest BCUT2D eigenvalue weighted by atomic mass is 35.5. The summed E-state index contributed by atoms with van der Waals surface area (Å²) in [5.74, 6) is 0.197. The minimum absolute atomic E-state index is 0.0859. The molecule has 0 radical (unpaired) electrons. The van der Waals surface area contributed by atoms with Crippen LogP contribution in [0.5, 0.6) is 0 Å². The van der Waals surface area contributed by atoms with Crippen molar-refractivity contribution in [1.29, 1.82) is 0 Å². The average molecular weight is 406 g/mol. The molecule has 2 aromatic rings. The fraction of sp³-hybridized carbons (Fsp3) is 0.300. The van der Waals surface area contributed by atoms with E-state index in [1.54, 1.807) is 24.3 Å². The van der Waals surface area contributed by atoms with Crippen LogP contribution in [-0.2, 0) is 9.59 Å². The molecule has 0 heterocycles. The van der Waals surface area contributed by atoms with E-state index >= 15 is 0 Å². The summed E-state index contributed by atoms with van der Waals surface area (Å²) in [5.41, 5.74) is 1.75. The molecule has 0 fully saturated rings. The Hall–Kier alpha value is -2.02. The number of anilines is 1. The van der Waals surface area contributed by atoms with Crippen molar-refractivity contribution in [1.82, 2.24) is 10.2 Å². The molecule has 0 spiro atoms. The van der Waals surface area contributed by atoms with Crippen LogP contribution in [0.25, 0.3) is 0 Å². The number of thioether (sulfide) groups is 1. The van der Waals surface area contributed by atoms with Crippen LogP contribution in [0.1, 0.15) is 11.6 Å². The SMILES string of the molecule is CN(C)C[C@H](NC(=O)CSCC(=O)Nc1ccc(Cl)cc1)c1ccccc1. The molecule has 0 aliphatic carbocycles. The molecule has 144 valence electrons. The van der Waals surface area contributed by atoms with Crippen LogP contribution in [0.2, 0.25) is 5.02 Å². The van der Waals surface area contributed by atoms with Crippen molar-refractivity contribution in [3.63, 3.8) is 0 Å². The van der Waals surface area contributed by atoms with Crippen molar-refractivity contribution in [2.45, 2.75) is 6.04 Å². The summed E-state index contributed by atoms with van der Waals surface area (Å²) in [6, 6.07) is 16.7. The minimum atomic E-state index is -0.150. The first-order valence-electron chi connectivity index (χ1n) is 8.56. The van der Waals surface area contributed by atoms with E-state index in [1.807, 2.05) is 49.3 Å². The molecule has 1 atom stereocenters. The van der Waals surface area contributed by atoms with Gasteiger partial charge in [0.25, 0.3) is 0 Å². The van der Waals surface area contributed by atoms with Gasteiger partial charge in [-0.3, -0.25) is 9.59 Å². The zero-order valence-electron chi connectivity index (χ0n) is 15.4. The summed E-state index contributed by atoms with van der Waals surface area (Å²) in [5, 5.41) is 6.44. The standard InChI is InChI=1S/C20H24ClN3O2S/c1-24(2)12-18(15-6-4-3-5-7-15)23-20(26)14-27-13-19(25)22-17-10-8-16(21)9-11-17/h3-11,18H,12-14H2,1-2H3,(H,22,25)(H,23,26)/t18-/m0/s1. The predicted molar refractivity (Wildman–Crippen MR) is 113 cm³/mol. The highest BCUT2D eigenvalue weighted by molar-refractivity contribution is 8.00. The van der Waals surface area contributed by atoms with Gasteiger partial charge in [-0.15, -0.1) is 11.8 Å². The van der Waals surface area contributed by atoms with Crippen molar-refractivity contribution >= 4 is 40.9 Å². The van der Waals surface area contributed by atoms with Crippen molar-refractivity contribution in [2.24, 2.45) is 0 Å². The second-order valence-corrected chi connectivity index (χ2v) is 7.76. The van der Waals surface area contributed by atoms with E-state index < -0.39 is 0 Å². The molecule has 7 heteroatoms. The lowest BCUT2D eigenvalue weighted by molar-refractivity contribution is -0.119. The molecule has 0 saturated carbocycles. The first-order chi connectivity index (χ1) is 12.9. The number of hydrogen-bond acceptors (Lipinski definition) is 4. The fourth-order valence-corrected chi connectivity index (χ4v) is 3.24. The molecular formula is C20H24ClN3O2S. The topological polar surface area (TPSA) is 61.4 Å². The Labute approximate surface area is 169 Å². The van der Waals surface area contributed by atoms with Gasteiger partial charge >= 0.3 is 0 Å². The van der Waals surface area contributed by atoms with Gasteiger partial charge < -0.3 is 15.5 Å². The zero-order valence-corrected chi connectivity index (χ0v) is 17.0. The molecule has 0 aromatic heterocycles. The van der Waals surface area contributed by atoms with Crippen molar-refractivity contribution in [3.05, 3.63) is 65.2 Å². The quantitative estimate of drug-likeness (QED) is 0.671. The highest BCUT2D eigenvalue weighted by Crippen LogP contribution is 2.15. The molecule has 0 unspecified atom stereocenters. The van der Waals surface area contributed by atoms with E-state index in [0.717, 1.165) is 5.56 Å². The Kier molecular flexibility index (Phi) is 8.64. The van der Waals surface area contributed by atoms with Crippen LogP contribution >= 0.6 is 23.4 Å². The van der Waals surface area contributed by atoms with Crippen molar-refractivity contribution in [2.75, 3.05) is 37.5 Å². The molecule has 2 rings (SSSR count). The smallest absolute Gasteiger partial charge is 0.234 e. The van der Waals surface area contributed by atoms with E-state index in [9.17, 15) is 9.59 Å². The molecule has 0 aliphatic heterocycles. The van der Waals surface area contributed by atoms with Gasteiger partial charge in [0.15, 0.2) is 0 Å². The summed E-state index contributed by atoms with van der Waals surface area (Å²) in [6.45, 7) is 0.706. The summed E-state index contributed by atoms with van der Waals surface area (Å²) in [7, 11) is 3.94. The van der Waals surface area contributed by atoms with Crippen LogP contribution in [-0.4, -0.2) is 48.9 Å². The first kappa shape index (κ1) is 21.3. The maximum Gasteiger partial charge on any atom is 0.234 e. The van der Waals surface area contributed by atoms with E-state index in [0.29, 0.717) is 17.3 Å². The third kappa shape index (κ3) is 8.03. The third-order valence-corrected chi connectivity index (χ3v) is 4.86. The number of likely N-dealkylation sites (N-methyl/N-ethyl adjacent to an activating group) is 1. The van der Waals surface area contributed by atoms with E-state index in [-0.39, 0.29) is 29.4 Å². The summed E-state index contributed by atoms with van der Waals surface area (Å²) in [4.78, 5) is 26.3. The van der Waals surface area contributed by atoms with Gasteiger partial charge in [0.1, 0.15) is 0 Å². The number of carbonyl (C=O) groups excluding carboxylic acids is 2. The average Bonchev–Trinajstić information content (AvgIpc) is 2.63. The Morgan fingerprint density at radius 2 is 1.63 bits per heavy atom. The number of carbonyl (C=O) groups is 2. The second-order valence-electron chi connectivity index (χ2n) is 6.34. The molecule has 27 heavy (non-hydrogen) atoms. The van der Waals surface area contributed by atoms with Crippen LogP contribution in [0, 0.1) is 0 Å². The van der Waals surface area contributed by atoms with Crippen LogP contribution in [0.15, 0.2) is 54.6 Å². The minimum Gasteiger partial charge on any atom is -0.347 e. The van der Waals surface area contributed by atoms with Crippen LogP contribution in [0.3, 0.4) is 0 Å². The summed E-state index contributed by atoms with van der Waals surface area (Å²) in [6.07, 6.45) is 0. The Balaban J connectivity index is 1.78. The monoisotopic (exact) mass is 405 g/mol. The Morgan fingerprint density at radius 1 is 1.00 bits per heavy atom. The first-order valence-corrected chi connectivity index (χ1v) is 10.1. The summed E-state index contributed by atoms with van der Waals surface area (Å²) >= 11 is 7.10. The molecular weight excluding hydrogens is 382 g/mol. The van der Waals surface area contributed by atoms with E-state index in [4.69, 9.17) is 11.6 Å². The van der Waals surface area contributed by atoms with Gasteiger partial charge in [-0.1, -0.05) is 41.9 Å². The molecule has 2 amide bonds. The van der Waals surface area contributed by atoms with Crippen LogP contribution < -0.4 is 10.6 Å². The summed E-state index contributed by atoms with van der Waals surface area (Å²) < 4.78 is 0. The number of rotatable bonds is 9. The highest BCUT2D eigenvalue weighted by Gasteiger charge is 2.15. The number of halogens is 1. The number of nitrogens with one attached hydrogen (secondary N) is 2. The van der Waals surface area contributed by atoms with Gasteiger partial charge in [-0.2, -0.15) is 0 Å². The molecule has 2 aromatic carbocycles. The fourth-order valence-electron chi connectivity index (χ4n) is 2.49. The van der Waals surface area contributed by atoms with Crippen LogP contribution in [0.4, 0.5) is 5.69 Å². The normalized spacial score (nSPS) is 11.9. The maximum absolute atomic E-state index is 12.3. The Bertz CT molecular complexity index is 739. The zero-order chi connectivity index (χ0) is 19.6. The predicted octanol–water partition coefficient (Wildman–Crippen LogP) is 3.43. The maximum atomic E-state index is 12.3. The lowest BCUT2D eigenvalue weighted by Crippen LogP contribution is -2.36.